The number of nitrogens with zero attached hydrogens (tertiary/aromatic N) is 5. The number of piperidine rings is 1. The van der Waals surface area contributed by atoms with E-state index in [1.165, 1.54) is 0 Å². The van der Waals surface area contributed by atoms with Crippen LogP contribution in [0.15, 0.2) is 55.0 Å². The molecule has 4 aromatic rings. The summed E-state index contributed by atoms with van der Waals surface area (Å²) in [6.07, 6.45) is 10.0. The van der Waals surface area contributed by atoms with Gasteiger partial charge in [-0.25, -0.2) is 4.98 Å². The smallest absolute Gasteiger partial charge is 0.262 e. The van der Waals surface area contributed by atoms with Crippen LogP contribution in [0.25, 0.3) is 22.3 Å². The fourth-order valence-corrected chi connectivity index (χ4v) is 6.32. The number of carbonyl (C=O) groups excluding carboxylic acids is 4. The summed E-state index contributed by atoms with van der Waals surface area (Å²) in [6, 6.07) is 9.94. The van der Waals surface area contributed by atoms with Crippen molar-refractivity contribution in [3.05, 3.63) is 71.1 Å². The lowest BCUT2D eigenvalue weighted by molar-refractivity contribution is -0.136. The molecule has 2 aromatic heterocycles. The SMILES string of the molecule is O=C1CCC(N2C(=O)c3ccc(NCCC[C@H]4C[C@H](n5cc(-c6cnc7ccc(Cl)cc7n6)cn5)C4)cc3C2=O)C(=O)N1. The summed E-state index contributed by atoms with van der Waals surface area (Å²) in [5, 5.41) is 10.8. The number of halogens is 1. The van der Waals surface area contributed by atoms with E-state index in [0.717, 1.165) is 65.1 Å². The maximum absolute atomic E-state index is 13.0. The van der Waals surface area contributed by atoms with Gasteiger partial charge in [-0.2, -0.15) is 5.10 Å². The average molecular weight is 598 g/mol. The predicted molar refractivity (Wildman–Crippen MR) is 158 cm³/mol. The van der Waals surface area contributed by atoms with Crippen molar-refractivity contribution in [2.45, 2.75) is 50.6 Å². The molecule has 1 unspecified atom stereocenters. The molecule has 1 saturated carbocycles. The molecule has 1 saturated heterocycles. The lowest BCUT2D eigenvalue weighted by Crippen LogP contribution is -2.54. The maximum Gasteiger partial charge on any atom is 0.262 e. The van der Waals surface area contributed by atoms with Crippen molar-refractivity contribution in [2.24, 2.45) is 5.92 Å². The molecule has 2 fully saturated rings. The topological polar surface area (TPSA) is 139 Å². The summed E-state index contributed by atoms with van der Waals surface area (Å²) >= 11 is 6.11. The molecule has 1 aliphatic carbocycles. The molecule has 4 amide bonds. The van der Waals surface area contributed by atoms with Gasteiger partial charge in [0.15, 0.2) is 0 Å². The second-order valence-electron chi connectivity index (χ2n) is 11.4. The summed E-state index contributed by atoms with van der Waals surface area (Å²) < 4.78 is 2.02. The normalized spacial score (nSPS) is 21.6. The van der Waals surface area contributed by atoms with Gasteiger partial charge < -0.3 is 5.32 Å². The van der Waals surface area contributed by atoms with Crippen LogP contribution in [0, 0.1) is 5.92 Å². The van der Waals surface area contributed by atoms with E-state index in [0.29, 0.717) is 17.0 Å². The fraction of sp³-hybridized carbons (Fsp3) is 0.323. The van der Waals surface area contributed by atoms with Crippen LogP contribution in [0.5, 0.6) is 0 Å². The highest BCUT2D eigenvalue weighted by Crippen LogP contribution is 2.40. The Morgan fingerprint density at radius 1 is 0.977 bits per heavy atom. The molecule has 11 nitrogen and oxygen atoms in total. The van der Waals surface area contributed by atoms with Crippen molar-refractivity contribution in [1.82, 2.24) is 30.0 Å². The zero-order valence-electron chi connectivity index (χ0n) is 23.1. The van der Waals surface area contributed by atoms with Crippen molar-refractivity contribution in [2.75, 3.05) is 11.9 Å². The van der Waals surface area contributed by atoms with E-state index in [9.17, 15) is 19.2 Å². The molecule has 0 radical (unpaired) electrons. The monoisotopic (exact) mass is 597 g/mol. The quantitative estimate of drug-likeness (QED) is 0.225. The van der Waals surface area contributed by atoms with E-state index in [1.807, 2.05) is 29.2 Å². The second-order valence-corrected chi connectivity index (χ2v) is 11.8. The Balaban J connectivity index is 0.891. The molecule has 12 heteroatoms. The highest BCUT2D eigenvalue weighted by atomic mass is 35.5. The average Bonchev–Trinajstić information content (AvgIpc) is 3.55. The van der Waals surface area contributed by atoms with E-state index in [1.54, 1.807) is 30.5 Å². The van der Waals surface area contributed by atoms with Gasteiger partial charge in [0.25, 0.3) is 11.8 Å². The number of fused-ring (bicyclic) bond motifs is 2. The van der Waals surface area contributed by atoms with Crippen LogP contribution in [-0.4, -0.2) is 60.9 Å². The Labute approximate surface area is 251 Å². The molecule has 43 heavy (non-hydrogen) atoms. The van der Waals surface area contributed by atoms with E-state index < -0.39 is 29.7 Å². The van der Waals surface area contributed by atoms with Gasteiger partial charge in [0.1, 0.15) is 6.04 Å². The van der Waals surface area contributed by atoms with Crippen LogP contribution in [0.4, 0.5) is 5.69 Å². The molecular formula is C31H28ClN7O4. The zero-order valence-corrected chi connectivity index (χ0v) is 23.9. The predicted octanol–water partition coefficient (Wildman–Crippen LogP) is 4.39. The van der Waals surface area contributed by atoms with E-state index in [-0.39, 0.29) is 24.0 Å². The van der Waals surface area contributed by atoms with Crippen LogP contribution in [0.1, 0.15) is 65.3 Å². The van der Waals surface area contributed by atoms with Crippen molar-refractivity contribution in [1.29, 1.82) is 0 Å². The Morgan fingerprint density at radius 2 is 1.81 bits per heavy atom. The molecule has 0 spiro atoms. The van der Waals surface area contributed by atoms with Crippen molar-refractivity contribution in [3.63, 3.8) is 0 Å². The lowest BCUT2D eigenvalue weighted by atomic mass is 9.77. The van der Waals surface area contributed by atoms with Crippen molar-refractivity contribution in [3.8, 4) is 11.3 Å². The molecule has 0 bridgehead atoms. The summed E-state index contributed by atoms with van der Waals surface area (Å²) in [5.74, 6) is -1.39. The molecule has 7 rings (SSSR count). The van der Waals surface area contributed by atoms with E-state index in [4.69, 9.17) is 16.6 Å². The Hall–Kier alpha value is -4.64. The molecule has 2 aliphatic heterocycles. The van der Waals surface area contributed by atoms with E-state index >= 15 is 0 Å². The minimum Gasteiger partial charge on any atom is -0.385 e. The van der Waals surface area contributed by atoms with Crippen molar-refractivity contribution >= 4 is 52.0 Å². The van der Waals surface area contributed by atoms with Gasteiger partial charge in [0.05, 0.1) is 46.3 Å². The fourth-order valence-electron chi connectivity index (χ4n) is 6.15. The van der Waals surface area contributed by atoms with E-state index in [2.05, 4.69) is 20.7 Å². The highest BCUT2D eigenvalue weighted by Gasteiger charge is 2.44. The number of anilines is 1. The summed E-state index contributed by atoms with van der Waals surface area (Å²) in [5.41, 5.74) is 4.55. The summed E-state index contributed by atoms with van der Waals surface area (Å²) in [4.78, 5) is 59.8. The summed E-state index contributed by atoms with van der Waals surface area (Å²) in [7, 11) is 0. The molecular weight excluding hydrogens is 570 g/mol. The molecule has 2 aromatic carbocycles. The number of rotatable bonds is 8. The number of hydrogen-bond donors (Lipinski definition) is 2. The minimum absolute atomic E-state index is 0.0952. The number of nitrogens with one attached hydrogen (secondary N) is 2. The van der Waals surface area contributed by atoms with Crippen molar-refractivity contribution < 1.29 is 19.2 Å². The molecule has 1 atom stereocenters. The highest BCUT2D eigenvalue weighted by molar-refractivity contribution is 6.31. The largest absolute Gasteiger partial charge is 0.385 e. The van der Waals surface area contributed by atoms with Crippen LogP contribution < -0.4 is 10.6 Å². The van der Waals surface area contributed by atoms with Gasteiger partial charge in [-0.3, -0.25) is 39.1 Å². The molecule has 2 N–H and O–H groups in total. The number of aromatic nitrogens is 4. The first-order valence-corrected chi connectivity index (χ1v) is 14.8. The van der Waals surface area contributed by atoms with Gasteiger partial charge in [0.2, 0.25) is 11.8 Å². The maximum atomic E-state index is 13.0. The van der Waals surface area contributed by atoms with Gasteiger partial charge >= 0.3 is 0 Å². The van der Waals surface area contributed by atoms with Crippen LogP contribution in [0.2, 0.25) is 5.02 Å². The number of imide groups is 2. The number of amides is 4. The standard InChI is InChI=1S/C31H28ClN7O4/c32-19-3-6-24-25(12-19)36-26(15-34-24)18-14-35-38(16-18)21-10-17(11-21)2-1-9-33-20-4-5-22-23(13-20)31(43)39(30(22)42)27-7-8-28(40)37-29(27)41/h3-6,12-17,21,27,33H,1-2,7-11H2,(H,37,40,41)/t17-,21-,27?. The second kappa shape index (κ2) is 10.9. The van der Waals surface area contributed by atoms with Crippen LogP contribution in [-0.2, 0) is 9.59 Å². The zero-order chi connectivity index (χ0) is 29.7. The third kappa shape index (κ3) is 5.14. The van der Waals surface area contributed by atoms with Gasteiger partial charge in [-0.15, -0.1) is 0 Å². The third-order valence-corrected chi connectivity index (χ3v) is 8.78. The number of hydrogen-bond acceptors (Lipinski definition) is 8. The molecule has 3 aliphatic rings. The minimum atomic E-state index is -0.965. The Bertz CT molecular complexity index is 1800. The Kier molecular flexibility index (Phi) is 6.89. The van der Waals surface area contributed by atoms with Gasteiger partial charge in [-0.05, 0) is 74.4 Å². The first-order chi connectivity index (χ1) is 20.8. The first kappa shape index (κ1) is 27.2. The molecule has 4 heterocycles. The van der Waals surface area contributed by atoms with Gasteiger partial charge in [-0.1, -0.05) is 11.6 Å². The number of carbonyl (C=O) groups is 4. The van der Waals surface area contributed by atoms with Crippen LogP contribution >= 0.6 is 11.6 Å². The first-order valence-electron chi connectivity index (χ1n) is 14.4. The summed E-state index contributed by atoms with van der Waals surface area (Å²) in [6.45, 7) is 0.732. The lowest BCUT2D eigenvalue weighted by Gasteiger charge is -2.35. The molecule has 218 valence electrons. The van der Waals surface area contributed by atoms with Gasteiger partial charge in [0, 0.05) is 35.4 Å². The van der Waals surface area contributed by atoms with Crippen LogP contribution in [0.3, 0.4) is 0 Å². The number of benzene rings is 2. The third-order valence-electron chi connectivity index (χ3n) is 8.54. The Morgan fingerprint density at radius 3 is 2.65 bits per heavy atom.